The molecule has 3 atom stereocenters. The summed E-state index contributed by atoms with van der Waals surface area (Å²) in [5.74, 6) is -2.30. The fraction of sp³-hybridized carbons (Fsp3) is 0.440. The van der Waals surface area contributed by atoms with Crippen molar-refractivity contribution in [1.82, 2.24) is 15.5 Å². The number of nitrogens with two attached hydrogens (primary N) is 1. The molecule has 1 saturated heterocycles. The van der Waals surface area contributed by atoms with Gasteiger partial charge in [0, 0.05) is 25.6 Å². The van der Waals surface area contributed by atoms with Crippen LogP contribution in [-0.2, 0) is 30.2 Å². The van der Waals surface area contributed by atoms with E-state index in [0.717, 1.165) is 28.1 Å². The zero-order chi connectivity index (χ0) is 27.9. The molecule has 1 aliphatic rings. The van der Waals surface area contributed by atoms with Gasteiger partial charge in [-0.25, -0.2) is 0 Å². The molecular weight excluding hydrogens is 531 g/mol. The fourth-order valence-corrected chi connectivity index (χ4v) is 6.30. The van der Waals surface area contributed by atoms with Gasteiger partial charge in [-0.1, -0.05) is 42.5 Å². The van der Waals surface area contributed by atoms with Crippen molar-refractivity contribution < 1.29 is 33.5 Å². The van der Waals surface area contributed by atoms with Gasteiger partial charge in [-0.05, 0) is 35.6 Å². The number of amides is 4. The summed E-state index contributed by atoms with van der Waals surface area (Å²) < 4.78 is 11.2. The molecule has 0 radical (unpaired) electrons. The minimum atomic E-state index is -4.30. The molecule has 4 amide bonds. The van der Waals surface area contributed by atoms with Crippen LogP contribution in [0.15, 0.2) is 42.5 Å². The number of nitrogens with zero attached hydrogens (tertiary/aromatic N) is 1. The predicted molar refractivity (Wildman–Crippen MR) is 145 cm³/mol. The SMILES string of the molecule is CC(=O)N[C@@H](CSCP(=O)(O)O)C(=O)N1CCCC[C@H]1C(=O)N[C@@H](Cc1ccc2ccccc2c1)C(N)=O. The Kier molecular flexibility index (Phi) is 10.3. The number of fused-ring (bicyclic) bond motifs is 1. The third-order valence-electron chi connectivity index (χ3n) is 6.22. The average molecular weight is 565 g/mol. The zero-order valence-corrected chi connectivity index (χ0v) is 22.7. The molecule has 2 aromatic carbocycles. The lowest BCUT2D eigenvalue weighted by Crippen LogP contribution is -2.60. The highest BCUT2D eigenvalue weighted by atomic mass is 32.2. The number of carbonyl (C=O) groups is 4. The summed E-state index contributed by atoms with van der Waals surface area (Å²) in [7, 11) is -4.30. The number of nitrogens with one attached hydrogen (secondary N) is 2. The van der Waals surface area contributed by atoms with E-state index in [1.165, 1.54) is 11.8 Å². The molecule has 2 aromatic rings. The quantitative estimate of drug-likeness (QED) is 0.252. The minimum Gasteiger partial charge on any atom is -0.368 e. The first kappa shape index (κ1) is 29.6. The van der Waals surface area contributed by atoms with Gasteiger partial charge in [0.2, 0.25) is 23.6 Å². The van der Waals surface area contributed by atoms with Crippen molar-refractivity contribution in [3.63, 3.8) is 0 Å². The van der Waals surface area contributed by atoms with Crippen LogP contribution in [0, 0.1) is 0 Å². The van der Waals surface area contributed by atoms with Crippen LogP contribution in [0.4, 0.5) is 0 Å². The second kappa shape index (κ2) is 13.2. The molecule has 3 rings (SSSR count). The Balaban J connectivity index is 1.73. The maximum atomic E-state index is 13.4. The van der Waals surface area contributed by atoms with E-state index in [9.17, 15) is 23.7 Å². The van der Waals surface area contributed by atoms with Crippen molar-refractivity contribution in [2.24, 2.45) is 5.73 Å². The van der Waals surface area contributed by atoms with Crippen LogP contribution in [0.5, 0.6) is 0 Å². The zero-order valence-electron chi connectivity index (χ0n) is 21.0. The third kappa shape index (κ3) is 8.56. The average Bonchev–Trinajstić information content (AvgIpc) is 2.86. The van der Waals surface area contributed by atoms with E-state index in [2.05, 4.69) is 10.6 Å². The number of carbonyl (C=O) groups excluding carboxylic acids is 4. The van der Waals surface area contributed by atoms with Gasteiger partial charge in [0.15, 0.2) is 0 Å². The Labute approximate surface area is 225 Å². The number of hydrogen-bond acceptors (Lipinski definition) is 6. The molecule has 206 valence electrons. The molecular formula is C25H33N4O7PS. The maximum absolute atomic E-state index is 13.4. The molecule has 0 aliphatic carbocycles. The summed E-state index contributed by atoms with van der Waals surface area (Å²) in [6.07, 6.45) is 1.88. The molecule has 11 nitrogen and oxygen atoms in total. The van der Waals surface area contributed by atoms with Crippen molar-refractivity contribution in [3.05, 3.63) is 48.0 Å². The minimum absolute atomic E-state index is 0.0692. The first-order valence-corrected chi connectivity index (χ1v) is 15.2. The van der Waals surface area contributed by atoms with Gasteiger partial charge in [-0.2, -0.15) is 0 Å². The second-order valence-electron chi connectivity index (χ2n) is 9.31. The summed E-state index contributed by atoms with van der Waals surface area (Å²) in [4.78, 5) is 70.2. The van der Waals surface area contributed by atoms with Crippen molar-refractivity contribution in [1.29, 1.82) is 0 Å². The molecule has 1 aliphatic heterocycles. The molecule has 0 unspecified atom stereocenters. The molecule has 0 spiro atoms. The van der Waals surface area contributed by atoms with Crippen LogP contribution >= 0.6 is 19.4 Å². The molecule has 6 N–H and O–H groups in total. The Morgan fingerprint density at radius 1 is 1.08 bits per heavy atom. The number of primary amides is 1. The lowest BCUT2D eigenvalue weighted by Gasteiger charge is -2.37. The number of likely N-dealkylation sites (tertiary alicyclic amines) is 1. The molecule has 0 saturated carbocycles. The molecule has 1 heterocycles. The van der Waals surface area contributed by atoms with Crippen LogP contribution in [0.2, 0.25) is 0 Å². The van der Waals surface area contributed by atoms with Gasteiger partial charge in [0.25, 0.3) is 0 Å². The van der Waals surface area contributed by atoms with E-state index >= 15 is 0 Å². The largest absolute Gasteiger partial charge is 0.368 e. The van der Waals surface area contributed by atoms with E-state index in [0.29, 0.717) is 19.3 Å². The van der Waals surface area contributed by atoms with E-state index in [-0.39, 0.29) is 18.7 Å². The van der Waals surface area contributed by atoms with Gasteiger partial charge in [0.1, 0.15) is 18.1 Å². The number of benzene rings is 2. The van der Waals surface area contributed by atoms with Crippen molar-refractivity contribution >= 4 is 53.8 Å². The highest BCUT2D eigenvalue weighted by Gasteiger charge is 2.37. The third-order valence-corrected chi connectivity index (χ3v) is 8.87. The number of piperidine rings is 1. The maximum Gasteiger partial charge on any atom is 0.335 e. The molecule has 1 fully saturated rings. The molecule has 13 heteroatoms. The van der Waals surface area contributed by atoms with Gasteiger partial charge >= 0.3 is 7.60 Å². The van der Waals surface area contributed by atoms with Crippen LogP contribution in [0.1, 0.15) is 31.7 Å². The Morgan fingerprint density at radius 3 is 2.45 bits per heavy atom. The van der Waals surface area contributed by atoms with Crippen molar-refractivity contribution in [2.75, 3.05) is 17.8 Å². The first-order chi connectivity index (χ1) is 17.9. The topological polar surface area (TPSA) is 179 Å². The number of rotatable bonds is 11. The normalized spacial score (nSPS) is 17.4. The van der Waals surface area contributed by atoms with Crippen LogP contribution < -0.4 is 16.4 Å². The summed E-state index contributed by atoms with van der Waals surface area (Å²) in [5, 5.41) is 7.26. The Bertz CT molecular complexity index is 1240. The summed E-state index contributed by atoms with van der Waals surface area (Å²) in [6, 6.07) is 10.6. The lowest BCUT2D eigenvalue weighted by atomic mass is 9.98. The van der Waals surface area contributed by atoms with Crippen molar-refractivity contribution in [3.8, 4) is 0 Å². The Hall–Kier alpha value is -2.92. The molecule has 0 aromatic heterocycles. The van der Waals surface area contributed by atoms with Gasteiger partial charge in [0.05, 0.1) is 5.49 Å². The van der Waals surface area contributed by atoms with Gasteiger partial charge in [-0.3, -0.25) is 23.7 Å². The monoisotopic (exact) mass is 564 g/mol. The summed E-state index contributed by atoms with van der Waals surface area (Å²) >= 11 is 0.842. The molecule has 0 bridgehead atoms. The summed E-state index contributed by atoms with van der Waals surface area (Å²) in [5.41, 5.74) is 5.93. The van der Waals surface area contributed by atoms with E-state index < -0.39 is 54.8 Å². The highest BCUT2D eigenvalue weighted by molar-refractivity contribution is 8.04. The highest BCUT2D eigenvalue weighted by Crippen LogP contribution is 2.38. The van der Waals surface area contributed by atoms with Gasteiger partial charge < -0.3 is 31.1 Å². The Morgan fingerprint density at radius 2 is 1.79 bits per heavy atom. The predicted octanol–water partition coefficient (Wildman–Crippen LogP) is 1.11. The second-order valence-corrected chi connectivity index (χ2v) is 12.4. The van der Waals surface area contributed by atoms with Crippen LogP contribution in [-0.4, -0.2) is 74.2 Å². The standard InChI is InChI=1S/C25H33N4O7PS/c1-16(30)27-21(14-38-15-37(34,35)36)25(33)29-11-5-4-8-22(29)24(32)28-20(23(26)31)13-17-9-10-18-6-2-3-7-19(18)12-17/h2-3,6-7,9-10,12,20-22H,4-5,8,11,13-15H2,1H3,(H2,26,31)(H,27,30)(H,28,32)(H2,34,35,36)/t20-,21-,22-/m0/s1. The summed E-state index contributed by atoms with van der Waals surface area (Å²) in [6.45, 7) is 1.50. The number of thioether (sulfide) groups is 1. The van der Waals surface area contributed by atoms with Crippen LogP contribution in [0.3, 0.4) is 0 Å². The van der Waals surface area contributed by atoms with Gasteiger partial charge in [-0.15, -0.1) is 11.8 Å². The van der Waals surface area contributed by atoms with Crippen LogP contribution in [0.25, 0.3) is 10.8 Å². The first-order valence-electron chi connectivity index (χ1n) is 12.2. The molecule has 38 heavy (non-hydrogen) atoms. The van der Waals surface area contributed by atoms with E-state index in [4.69, 9.17) is 15.5 Å². The van der Waals surface area contributed by atoms with Crippen molar-refractivity contribution in [2.45, 2.75) is 50.7 Å². The van der Waals surface area contributed by atoms with E-state index in [1.807, 2.05) is 42.5 Å². The smallest absolute Gasteiger partial charge is 0.335 e. The van der Waals surface area contributed by atoms with E-state index in [1.54, 1.807) is 0 Å². The number of hydrogen-bond donors (Lipinski definition) is 5. The lowest BCUT2D eigenvalue weighted by molar-refractivity contribution is -0.145. The fourth-order valence-electron chi connectivity index (χ4n) is 4.47.